The van der Waals surface area contributed by atoms with Gasteiger partial charge in [-0.1, -0.05) is 48.5 Å². The van der Waals surface area contributed by atoms with Crippen molar-refractivity contribution < 1.29 is 35.6 Å². The quantitative estimate of drug-likeness (QED) is 0.0842. The van der Waals surface area contributed by atoms with E-state index in [1.54, 1.807) is 12.1 Å². The van der Waals surface area contributed by atoms with Gasteiger partial charge in [0.25, 0.3) is 10.1 Å². The van der Waals surface area contributed by atoms with Crippen LogP contribution in [0.1, 0.15) is 55.5 Å². The van der Waals surface area contributed by atoms with Gasteiger partial charge in [0.05, 0.1) is 22.9 Å². The average molecular weight is 834 g/mol. The molecule has 12 heteroatoms. The third kappa shape index (κ3) is 10.8. The third-order valence-corrected chi connectivity index (χ3v) is 12.2. The van der Waals surface area contributed by atoms with Gasteiger partial charge in [-0.3, -0.25) is 4.55 Å². The van der Waals surface area contributed by atoms with Gasteiger partial charge in [0, 0.05) is 35.7 Å². The van der Waals surface area contributed by atoms with E-state index in [1.165, 1.54) is 29.2 Å². The van der Waals surface area contributed by atoms with Gasteiger partial charge in [-0.15, -0.1) is 0 Å². The molecule has 3 N–H and O–H groups in total. The van der Waals surface area contributed by atoms with Crippen LogP contribution in [0.3, 0.4) is 0 Å². The molecule has 0 spiro atoms. The second-order valence-electron chi connectivity index (χ2n) is 14.6. The normalized spacial score (nSPS) is 15.6. The van der Waals surface area contributed by atoms with Crippen molar-refractivity contribution in [3.63, 3.8) is 0 Å². The molecule has 1 aliphatic carbocycles. The molecule has 6 rings (SSSR count). The van der Waals surface area contributed by atoms with Crippen molar-refractivity contribution >= 4 is 42.9 Å². The summed E-state index contributed by atoms with van der Waals surface area (Å²) in [6.07, 6.45) is 6.64. The van der Waals surface area contributed by atoms with E-state index in [9.17, 15) is 25.9 Å². The largest absolute Gasteiger partial charge is 0.744 e. The molecule has 2 atom stereocenters. The van der Waals surface area contributed by atoms with E-state index < -0.39 is 20.2 Å². The Bertz CT molecular complexity index is 2600. The van der Waals surface area contributed by atoms with Crippen LogP contribution in [0.15, 0.2) is 154 Å². The number of likely N-dealkylation sites (N-methyl/N-ethyl adjacent to an activating group) is 1. The zero-order valence-corrected chi connectivity index (χ0v) is 35.6. The van der Waals surface area contributed by atoms with Crippen LogP contribution in [0.4, 0.5) is 17.1 Å². The number of hydrogen-bond donors (Lipinski definition) is 3. The topological polar surface area (TPSA) is 141 Å². The molecule has 0 saturated heterocycles. The average Bonchev–Trinajstić information content (AvgIpc) is 3.21. The van der Waals surface area contributed by atoms with Crippen molar-refractivity contribution in [2.75, 3.05) is 29.9 Å². The maximum Gasteiger partial charge on any atom is 0.294 e. The first kappa shape index (κ1) is 43.1. The van der Waals surface area contributed by atoms with Gasteiger partial charge in [-0.05, 0) is 159 Å². The van der Waals surface area contributed by atoms with E-state index in [-0.39, 0.29) is 15.8 Å². The van der Waals surface area contributed by atoms with Crippen LogP contribution in [-0.4, -0.2) is 51.7 Å². The highest BCUT2D eigenvalue weighted by atomic mass is 32.2. The van der Waals surface area contributed by atoms with E-state index in [1.807, 2.05) is 50.2 Å². The molecular formula is C47H51N3O7S2. The second-order valence-corrected chi connectivity index (χ2v) is 17.4. The molecule has 0 bridgehead atoms. The van der Waals surface area contributed by atoms with Crippen molar-refractivity contribution in [3.8, 4) is 5.75 Å². The van der Waals surface area contributed by atoms with E-state index in [0.29, 0.717) is 26.2 Å². The number of ether oxygens (including phenoxy) is 1. The van der Waals surface area contributed by atoms with E-state index in [4.69, 9.17) is 4.74 Å². The van der Waals surface area contributed by atoms with Gasteiger partial charge in [0.15, 0.2) is 0 Å². The summed E-state index contributed by atoms with van der Waals surface area (Å²) in [7, 11) is -8.88. The van der Waals surface area contributed by atoms with Crippen LogP contribution in [-0.2, 0) is 33.3 Å². The molecular weight excluding hydrogens is 783 g/mol. The number of hydrogen-bond acceptors (Lipinski definition) is 8. The number of allylic oxidation sites excluding steroid dienone is 3. The first-order chi connectivity index (χ1) is 28.2. The first-order valence-corrected chi connectivity index (χ1v) is 22.5. The lowest BCUT2D eigenvalue weighted by Gasteiger charge is -2.28. The first-order valence-electron chi connectivity index (χ1n) is 19.7. The smallest absolute Gasteiger partial charge is 0.294 e. The number of rotatable bonds is 16. The Morgan fingerprint density at radius 1 is 0.814 bits per heavy atom. The number of benzene rings is 5. The Morgan fingerprint density at radius 2 is 1.46 bits per heavy atom. The van der Waals surface area contributed by atoms with Gasteiger partial charge >= 0.3 is 0 Å². The lowest BCUT2D eigenvalue weighted by atomic mass is 9.84. The van der Waals surface area contributed by atoms with E-state index in [0.717, 1.165) is 73.9 Å². The van der Waals surface area contributed by atoms with Crippen molar-refractivity contribution in [2.45, 2.75) is 63.5 Å². The summed E-state index contributed by atoms with van der Waals surface area (Å²) in [5.74, 6) is 0.818. The highest BCUT2D eigenvalue weighted by molar-refractivity contribution is 7.86. The minimum Gasteiger partial charge on any atom is -0.744 e. The summed E-state index contributed by atoms with van der Waals surface area (Å²) < 4.78 is 74.1. The van der Waals surface area contributed by atoms with Crippen molar-refractivity contribution in [1.29, 1.82) is 0 Å². The van der Waals surface area contributed by atoms with Crippen molar-refractivity contribution in [1.82, 2.24) is 0 Å². The molecule has 0 radical (unpaired) electrons. The zero-order valence-electron chi connectivity index (χ0n) is 34.0. The molecule has 5 aromatic carbocycles. The van der Waals surface area contributed by atoms with Crippen molar-refractivity contribution in [3.05, 3.63) is 172 Å². The summed E-state index contributed by atoms with van der Waals surface area (Å²) in [6.45, 7) is 13.4. The van der Waals surface area contributed by atoms with Gasteiger partial charge in [0.1, 0.15) is 28.5 Å². The van der Waals surface area contributed by atoms with Gasteiger partial charge in [-0.2, -0.15) is 8.42 Å². The monoisotopic (exact) mass is 833 g/mol. The van der Waals surface area contributed by atoms with Crippen LogP contribution < -0.4 is 19.9 Å². The summed E-state index contributed by atoms with van der Waals surface area (Å²) >= 11 is 0. The number of quaternary nitrogens is 1. The molecule has 1 aliphatic rings. The minimum atomic E-state index is -4.56. The fourth-order valence-electron chi connectivity index (χ4n) is 7.51. The molecule has 5 aromatic rings. The molecule has 0 aliphatic heterocycles. The third-order valence-electron chi connectivity index (χ3n) is 10.6. The summed E-state index contributed by atoms with van der Waals surface area (Å²) in [5, 5.41) is 3.49. The highest BCUT2D eigenvalue weighted by Crippen LogP contribution is 2.37. The van der Waals surface area contributed by atoms with E-state index in [2.05, 4.69) is 91.7 Å². The maximum absolute atomic E-state index is 11.8. The molecule has 0 amide bonds. The highest BCUT2D eigenvalue weighted by Gasteiger charge is 2.24. The van der Waals surface area contributed by atoms with Gasteiger partial charge in [-0.25, -0.2) is 8.42 Å². The number of nitrogens with zero attached hydrogens (tertiary/aromatic N) is 1. The predicted octanol–water partition coefficient (Wildman–Crippen LogP) is 8.11. The summed E-state index contributed by atoms with van der Waals surface area (Å²) in [4.78, 5) is 3.01. The number of aryl methyl sites for hydroxylation is 1. The van der Waals surface area contributed by atoms with E-state index >= 15 is 0 Å². The zero-order chi connectivity index (χ0) is 42.3. The van der Waals surface area contributed by atoms with Crippen LogP contribution in [0, 0.1) is 6.92 Å². The maximum atomic E-state index is 11.8. The Hall–Kier alpha value is -5.50. The SMILES string of the molecule is CCOc1ccc(Nc2ccc(C(=C3C=CC([NH+](CC)Cc4cccc(S(=O)(=O)[O-])c4)C=C3C)c3ccc(N(CC)Cc4cccc(S(=O)(=O)O)c4)cc3C)cc2)cc1. The second kappa shape index (κ2) is 18.6. The fraction of sp³-hybridized carbons (Fsp3) is 0.234. The van der Waals surface area contributed by atoms with Gasteiger partial charge in [0.2, 0.25) is 0 Å². The Labute approximate surface area is 348 Å². The lowest BCUT2D eigenvalue weighted by Crippen LogP contribution is -3.13. The molecule has 10 nitrogen and oxygen atoms in total. The standard InChI is InChI=1S/C47H51N3O7S2/c1-6-49(31-35-11-9-13-43(29-35)58(51,52)53)40-21-25-45(33(4)27-40)47(37-15-17-38(18-16-37)48-39-19-23-42(24-20-39)57-8-3)46-26-22-41(28-34(46)5)50(7-2)32-36-12-10-14-44(30-36)59(54,55)56/h9-30,40,48H,6-8,31-32H2,1-5H3,(H,51,52,53)(H,54,55,56). The van der Waals surface area contributed by atoms with Crippen molar-refractivity contribution in [2.24, 2.45) is 0 Å². The summed E-state index contributed by atoms with van der Waals surface area (Å²) in [5.41, 5.74) is 10.8. The Kier molecular flexibility index (Phi) is 13.6. The molecule has 0 saturated carbocycles. The molecule has 59 heavy (non-hydrogen) atoms. The summed E-state index contributed by atoms with van der Waals surface area (Å²) in [6, 6.07) is 35.3. The molecule has 308 valence electrons. The molecule has 0 heterocycles. The lowest BCUT2D eigenvalue weighted by molar-refractivity contribution is -0.924. The Balaban J connectivity index is 1.35. The fourth-order valence-corrected chi connectivity index (χ4v) is 8.60. The van der Waals surface area contributed by atoms with Crippen LogP contribution in [0.2, 0.25) is 0 Å². The minimum absolute atomic E-state index is 0.0131. The molecule has 0 aromatic heterocycles. The number of nitrogens with one attached hydrogen (secondary N) is 2. The molecule has 0 fully saturated rings. The van der Waals surface area contributed by atoms with Crippen LogP contribution >= 0.6 is 0 Å². The van der Waals surface area contributed by atoms with Crippen LogP contribution in [0.25, 0.3) is 5.57 Å². The number of anilines is 3. The predicted molar refractivity (Wildman–Crippen MR) is 234 cm³/mol. The molecule has 2 unspecified atom stereocenters. The van der Waals surface area contributed by atoms with Gasteiger partial charge < -0.3 is 24.4 Å². The van der Waals surface area contributed by atoms with Crippen LogP contribution in [0.5, 0.6) is 5.75 Å². The Morgan fingerprint density at radius 3 is 2.05 bits per heavy atom.